The summed E-state index contributed by atoms with van der Waals surface area (Å²) in [5.41, 5.74) is 1.96. The van der Waals surface area contributed by atoms with E-state index in [1.807, 2.05) is 50.2 Å². The first-order chi connectivity index (χ1) is 15.4. The van der Waals surface area contributed by atoms with Crippen molar-refractivity contribution >= 4 is 34.2 Å². The van der Waals surface area contributed by atoms with Gasteiger partial charge in [-0.1, -0.05) is 79.2 Å². The van der Waals surface area contributed by atoms with Gasteiger partial charge in [-0.15, -0.1) is 0 Å². The zero-order valence-electron chi connectivity index (χ0n) is 19.0. The highest BCUT2D eigenvalue weighted by atomic mass is 35.5. The summed E-state index contributed by atoms with van der Waals surface area (Å²) in [5, 5.41) is 5.90. The van der Waals surface area contributed by atoms with Gasteiger partial charge in [0.2, 0.25) is 11.8 Å². The lowest BCUT2D eigenvalue weighted by Crippen LogP contribution is -2.49. The summed E-state index contributed by atoms with van der Waals surface area (Å²) in [6.07, 6.45) is 1.76. The van der Waals surface area contributed by atoms with Crippen LogP contribution in [0.1, 0.15) is 44.7 Å². The Kier molecular flexibility index (Phi) is 8.29. The van der Waals surface area contributed by atoms with Crippen molar-refractivity contribution in [3.05, 3.63) is 82.9 Å². The number of nitrogens with zero attached hydrogens (tertiary/aromatic N) is 1. The van der Waals surface area contributed by atoms with Crippen molar-refractivity contribution in [2.45, 2.75) is 58.7 Å². The van der Waals surface area contributed by atoms with Gasteiger partial charge in [-0.2, -0.15) is 0 Å². The fraction of sp³-hybridized carbons (Fsp3) is 0.333. The Morgan fingerprint density at radius 3 is 2.34 bits per heavy atom. The quantitative estimate of drug-likeness (QED) is 0.450. The Morgan fingerprint density at radius 1 is 0.938 bits per heavy atom. The molecular formula is C27H31ClN2O2. The number of hydrogen-bond donors (Lipinski definition) is 1. The number of aryl methyl sites for hydroxylation is 1. The van der Waals surface area contributed by atoms with Gasteiger partial charge in [0.1, 0.15) is 6.04 Å². The first-order valence-electron chi connectivity index (χ1n) is 11.2. The smallest absolute Gasteiger partial charge is 0.242 e. The summed E-state index contributed by atoms with van der Waals surface area (Å²) in [6.45, 7) is 6.06. The van der Waals surface area contributed by atoms with Crippen molar-refractivity contribution in [1.82, 2.24) is 10.2 Å². The van der Waals surface area contributed by atoms with Crippen LogP contribution in [-0.2, 0) is 22.6 Å². The van der Waals surface area contributed by atoms with Crippen LogP contribution >= 0.6 is 11.6 Å². The molecule has 0 radical (unpaired) electrons. The fourth-order valence-electron chi connectivity index (χ4n) is 3.75. The van der Waals surface area contributed by atoms with E-state index in [4.69, 9.17) is 11.6 Å². The lowest BCUT2D eigenvalue weighted by atomic mass is 10.0. The second-order valence-electron chi connectivity index (χ2n) is 8.25. The molecule has 5 heteroatoms. The summed E-state index contributed by atoms with van der Waals surface area (Å²) in [5.74, 6) is -0.213. The van der Waals surface area contributed by atoms with Crippen molar-refractivity contribution in [1.29, 1.82) is 0 Å². The SMILES string of the molecule is CC[C@H](C)NC(=O)[C@@H](C)N(Cc1ccccc1Cl)C(=O)CCc1cccc2ccccc12. The van der Waals surface area contributed by atoms with Gasteiger partial charge >= 0.3 is 0 Å². The Balaban J connectivity index is 1.80. The Hall–Kier alpha value is -2.85. The lowest BCUT2D eigenvalue weighted by Gasteiger charge is -2.30. The second-order valence-corrected chi connectivity index (χ2v) is 8.65. The minimum Gasteiger partial charge on any atom is -0.352 e. The van der Waals surface area contributed by atoms with E-state index >= 15 is 0 Å². The standard InChI is InChI=1S/C27H31ClN2O2/c1-4-19(2)29-27(32)20(3)30(18-23-11-6-8-15-25(23)28)26(31)17-16-22-13-9-12-21-10-5-7-14-24(21)22/h5-15,19-20H,4,16-18H2,1-3H3,(H,29,32)/t19-,20+/m0/s1. The number of benzene rings is 3. The average Bonchev–Trinajstić information content (AvgIpc) is 2.81. The molecule has 32 heavy (non-hydrogen) atoms. The molecule has 0 unspecified atom stereocenters. The highest BCUT2D eigenvalue weighted by Crippen LogP contribution is 2.22. The number of amides is 2. The molecule has 2 amide bonds. The molecule has 1 N–H and O–H groups in total. The molecular weight excluding hydrogens is 420 g/mol. The summed E-state index contributed by atoms with van der Waals surface area (Å²) >= 11 is 6.36. The number of fused-ring (bicyclic) bond motifs is 1. The van der Waals surface area contributed by atoms with E-state index in [2.05, 4.69) is 29.6 Å². The zero-order valence-corrected chi connectivity index (χ0v) is 19.7. The third-order valence-electron chi connectivity index (χ3n) is 5.95. The molecule has 0 saturated carbocycles. The molecule has 0 spiro atoms. The van der Waals surface area contributed by atoms with Gasteiger partial charge in [-0.3, -0.25) is 9.59 Å². The van der Waals surface area contributed by atoms with E-state index in [1.165, 1.54) is 0 Å². The summed E-state index contributed by atoms with van der Waals surface area (Å²) < 4.78 is 0. The molecule has 168 valence electrons. The predicted octanol–water partition coefficient (Wildman–Crippen LogP) is 5.76. The molecule has 0 aliphatic carbocycles. The molecule has 0 bridgehead atoms. The summed E-state index contributed by atoms with van der Waals surface area (Å²) in [6, 6.07) is 21.2. The van der Waals surface area contributed by atoms with Crippen LogP contribution < -0.4 is 5.32 Å². The first-order valence-corrected chi connectivity index (χ1v) is 11.6. The van der Waals surface area contributed by atoms with Gasteiger partial charge in [-0.25, -0.2) is 0 Å². The molecule has 3 aromatic rings. The normalized spacial score (nSPS) is 12.9. The number of carbonyl (C=O) groups is 2. The van der Waals surface area contributed by atoms with Crippen LogP contribution in [0.3, 0.4) is 0 Å². The van der Waals surface area contributed by atoms with E-state index in [9.17, 15) is 9.59 Å². The molecule has 0 aliphatic rings. The van der Waals surface area contributed by atoms with Crippen LogP contribution in [0.25, 0.3) is 10.8 Å². The van der Waals surface area contributed by atoms with Gasteiger partial charge in [0.15, 0.2) is 0 Å². The highest BCUT2D eigenvalue weighted by molar-refractivity contribution is 6.31. The molecule has 0 saturated heterocycles. The molecule has 0 aliphatic heterocycles. The number of carbonyl (C=O) groups excluding carboxylic acids is 2. The number of rotatable bonds is 9. The van der Waals surface area contributed by atoms with Gasteiger partial charge < -0.3 is 10.2 Å². The molecule has 0 fully saturated rings. The number of nitrogens with one attached hydrogen (secondary N) is 1. The van der Waals surface area contributed by atoms with Gasteiger partial charge in [0.25, 0.3) is 0 Å². The van der Waals surface area contributed by atoms with Crippen molar-refractivity contribution in [3.63, 3.8) is 0 Å². The van der Waals surface area contributed by atoms with E-state index in [0.29, 0.717) is 24.4 Å². The molecule has 2 atom stereocenters. The number of halogens is 1. The highest BCUT2D eigenvalue weighted by Gasteiger charge is 2.27. The Morgan fingerprint density at radius 2 is 1.59 bits per heavy atom. The van der Waals surface area contributed by atoms with Crippen LogP contribution in [0.4, 0.5) is 0 Å². The van der Waals surface area contributed by atoms with Crippen LogP contribution in [0.2, 0.25) is 5.02 Å². The largest absolute Gasteiger partial charge is 0.352 e. The lowest BCUT2D eigenvalue weighted by molar-refractivity contribution is -0.140. The van der Waals surface area contributed by atoms with Gasteiger partial charge in [0, 0.05) is 24.0 Å². The van der Waals surface area contributed by atoms with Crippen molar-refractivity contribution in [2.24, 2.45) is 0 Å². The Labute approximate surface area is 195 Å². The maximum atomic E-state index is 13.4. The molecule has 3 rings (SSSR count). The minimum absolute atomic E-state index is 0.0536. The predicted molar refractivity (Wildman–Crippen MR) is 132 cm³/mol. The number of hydrogen-bond acceptors (Lipinski definition) is 2. The molecule has 0 aromatic heterocycles. The molecule has 4 nitrogen and oxygen atoms in total. The third kappa shape index (κ3) is 5.89. The van der Waals surface area contributed by atoms with Crippen molar-refractivity contribution in [3.8, 4) is 0 Å². The molecule has 3 aromatic carbocycles. The first kappa shape index (κ1) is 23.8. The van der Waals surface area contributed by atoms with Crippen LogP contribution in [0.15, 0.2) is 66.7 Å². The second kappa shape index (κ2) is 11.1. The van der Waals surface area contributed by atoms with Crippen LogP contribution in [0, 0.1) is 0 Å². The minimum atomic E-state index is -0.597. The monoisotopic (exact) mass is 450 g/mol. The van der Waals surface area contributed by atoms with Gasteiger partial charge in [0.05, 0.1) is 0 Å². The average molecular weight is 451 g/mol. The zero-order chi connectivity index (χ0) is 23.1. The van der Waals surface area contributed by atoms with Crippen LogP contribution in [-0.4, -0.2) is 28.8 Å². The maximum Gasteiger partial charge on any atom is 0.242 e. The van der Waals surface area contributed by atoms with Crippen LogP contribution in [0.5, 0.6) is 0 Å². The maximum absolute atomic E-state index is 13.4. The van der Waals surface area contributed by atoms with Gasteiger partial charge in [-0.05, 0) is 54.7 Å². The van der Waals surface area contributed by atoms with E-state index < -0.39 is 6.04 Å². The van der Waals surface area contributed by atoms with Crippen molar-refractivity contribution < 1.29 is 9.59 Å². The van der Waals surface area contributed by atoms with E-state index in [1.54, 1.807) is 17.9 Å². The summed E-state index contributed by atoms with van der Waals surface area (Å²) in [7, 11) is 0. The summed E-state index contributed by atoms with van der Waals surface area (Å²) in [4.78, 5) is 27.9. The Bertz CT molecular complexity index is 1080. The molecule has 0 heterocycles. The third-order valence-corrected chi connectivity index (χ3v) is 6.32. The van der Waals surface area contributed by atoms with E-state index in [-0.39, 0.29) is 17.9 Å². The topological polar surface area (TPSA) is 49.4 Å². The van der Waals surface area contributed by atoms with Crippen molar-refractivity contribution in [2.75, 3.05) is 0 Å². The fourth-order valence-corrected chi connectivity index (χ4v) is 3.95. The van der Waals surface area contributed by atoms with E-state index in [0.717, 1.165) is 28.3 Å².